The second-order valence-corrected chi connectivity index (χ2v) is 6.49. The molecule has 0 amide bonds. The minimum Gasteiger partial charge on any atom is -0.493 e. The van der Waals surface area contributed by atoms with Crippen molar-refractivity contribution in [1.82, 2.24) is 19.7 Å². The first-order valence-electron chi connectivity index (χ1n) is 9.07. The maximum absolute atomic E-state index is 10.0. The Morgan fingerprint density at radius 2 is 1.86 bits per heavy atom. The average Bonchev–Trinajstić information content (AvgIpc) is 3.22. The predicted molar refractivity (Wildman–Crippen MR) is 108 cm³/mol. The van der Waals surface area contributed by atoms with E-state index in [1.54, 1.807) is 32.7 Å². The molecule has 29 heavy (non-hydrogen) atoms. The SMILES string of the molecule is COc1cc2nncc(C(C#N)c3nccn3Cc3ccccc3)c2cc1OC. The molecule has 7 heteroatoms. The summed E-state index contributed by atoms with van der Waals surface area (Å²) >= 11 is 0. The van der Waals surface area contributed by atoms with Crippen LogP contribution in [-0.4, -0.2) is 34.0 Å². The molecule has 0 N–H and O–H groups in total. The van der Waals surface area contributed by atoms with E-state index in [1.165, 1.54) is 0 Å². The molecule has 2 aromatic heterocycles. The number of hydrogen-bond acceptors (Lipinski definition) is 6. The molecule has 0 aliphatic rings. The fraction of sp³-hybridized carbons (Fsp3) is 0.182. The summed E-state index contributed by atoms with van der Waals surface area (Å²) in [6.07, 6.45) is 5.21. The van der Waals surface area contributed by atoms with E-state index >= 15 is 0 Å². The number of aromatic nitrogens is 4. The minimum absolute atomic E-state index is 0.561. The van der Waals surface area contributed by atoms with Crippen LogP contribution in [0.2, 0.25) is 0 Å². The molecule has 0 radical (unpaired) electrons. The van der Waals surface area contributed by atoms with Crippen molar-refractivity contribution in [1.29, 1.82) is 5.26 Å². The van der Waals surface area contributed by atoms with E-state index < -0.39 is 5.92 Å². The third-order valence-corrected chi connectivity index (χ3v) is 4.82. The van der Waals surface area contributed by atoms with Crippen LogP contribution in [-0.2, 0) is 6.54 Å². The van der Waals surface area contributed by atoms with Crippen molar-refractivity contribution in [3.8, 4) is 17.6 Å². The molecule has 1 atom stereocenters. The largest absolute Gasteiger partial charge is 0.493 e. The molecule has 0 saturated carbocycles. The van der Waals surface area contributed by atoms with Crippen LogP contribution >= 0.6 is 0 Å². The molecule has 144 valence electrons. The lowest BCUT2D eigenvalue weighted by Crippen LogP contribution is -2.11. The Morgan fingerprint density at radius 1 is 1.10 bits per heavy atom. The maximum atomic E-state index is 10.0. The normalized spacial score (nSPS) is 11.8. The van der Waals surface area contributed by atoms with Crippen LogP contribution in [0.1, 0.15) is 22.9 Å². The Balaban J connectivity index is 1.81. The fourth-order valence-corrected chi connectivity index (χ4v) is 3.40. The summed E-state index contributed by atoms with van der Waals surface area (Å²) in [4.78, 5) is 4.48. The number of nitriles is 1. The summed E-state index contributed by atoms with van der Waals surface area (Å²) in [5, 5.41) is 19.1. The van der Waals surface area contributed by atoms with Crippen LogP contribution in [0.4, 0.5) is 0 Å². The molecule has 0 saturated heterocycles. The first kappa shape index (κ1) is 18.4. The van der Waals surface area contributed by atoms with Gasteiger partial charge in [-0.05, 0) is 11.6 Å². The number of rotatable bonds is 6. The molecule has 2 aromatic carbocycles. The van der Waals surface area contributed by atoms with E-state index in [0.717, 1.165) is 16.5 Å². The van der Waals surface area contributed by atoms with E-state index in [9.17, 15) is 5.26 Å². The lowest BCUT2D eigenvalue weighted by atomic mass is 9.97. The van der Waals surface area contributed by atoms with Crippen LogP contribution in [0.25, 0.3) is 10.9 Å². The second kappa shape index (κ2) is 7.98. The molecule has 4 rings (SSSR count). The van der Waals surface area contributed by atoms with Gasteiger partial charge in [-0.15, -0.1) is 0 Å². The van der Waals surface area contributed by atoms with Gasteiger partial charge in [0.1, 0.15) is 11.7 Å². The smallest absolute Gasteiger partial charge is 0.162 e. The Labute approximate surface area is 168 Å². The number of hydrogen-bond donors (Lipinski definition) is 0. The van der Waals surface area contributed by atoms with Crippen molar-refractivity contribution < 1.29 is 9.47 Å². The molecular formula is C22H19N5O2. The van der Waals surface area contributed by atoms with Crippen LogP contribution in [0.15, 0.2) is 61.1 Å². The summed E-state index contributed by atoms with van der Waals surface area (Å²) in [5.41, 5.74) is 2.48. The van der Waals surface area contributed by atoms with Gasteiger partial charge in [0.15, 0.2) is 11.5 Å². The molecule has 2 heterocycles. The van der Waals surface area contributed by atoms with Gasteiger partial charge in [-0.1, -0.05) is 30.3 Å². The molecule has 0 aliphatic heterocycles. The Bertz CT molecular complexity index is 1180. The number of nitrogens with zero attached hydrogens (tertiary/aromatic N) is 5. The molecule has 0 fully saturated rings. The Kier molecular flexibility index (Phi) is 5.08. The van der Waals surface area contributed by atoms with Gasteiger partial charge >= 0.3 is 0 Å². The number of methoxy groups -OCH3 is 2. The van der Waals surface area contributed by atoms with E-state index in [1.807, 2.05) is 47.2 Å². The highest BCUT2D eigenvalue weighted by molar-refractivity contribution is 5.86. The summed E-state index contributed by atoms with van der Waals surface area (Å²) in [7, 11) is 3.14. The monoisotopic (exact) mass is 385 g/mol. The van der Waals surface area contributed by atoms with E-state index in [0.29, 0.717) is 29.4 Å². The van der Waals surface area contributed by atoms with Gasteiger partial charge in [0, 0.05) is 36.0 Å². The van der Waals surface area contributed by atoms with Gasteiger partial charge in [0.25, 0.3) is 0 Å². The van der Waals surface area contributed by atoms with Crippen molar-refractivity contribution in [2.24, 2.45) is 0 Å². The van der Waals surface area contributed by atoms with Crippen molar-refractivity contribution >= 4 is 10.9 Å². The third kappa shape index (κ3) is 3.48. The van der Waals surface area contributed by atoms with Crippen LogP contribution in [0.5, 0.6) is 11.5 Å². The average molecular weight is 385 g/mol. The van der Waals surface area contributed by atoms with E-state index in [-0.39, 0.29) is 0 Å². The molecule has 4 aromatic rings. The van der Waals surface area contributed by atoms with Gasteiger partial charge in [0.05, 0.1) is 32.0 Å². The zero-order chi connectivity index (χ0) is 20.2. The highest BCUT2D eigenvalue weighted by atomic mass is 16.5. The fourth-order valence-electron chi connectivity index (χ4n) is 3.40. The molecule has 0 spiro atoms. The zero-order valence-corrected chi connectivity index (χ0v) is 16.1. The number of benzene rings is 2. The Morgan fingerprint density at radius 3 is 2.59 bits per heavy atom. The topological polar surface area (TPSA) is 85.9 Å². The quantitative estimate of drug-likeness (QED) is 0.505. The highest BCUT2D eigenvalue weighted by Crippen LogP contribution is 2.35. The molecule has 7 nitrogen and oxygen atoms in total. The molecule has 0 aliphatic carbocycles. The standard InChI is InChI=1S/C22H19N5O2/c1-28-20-10-16-18(13-25-26-19(16)11-21(20)29-2)17(12-23)22-24-8-9-27(22)14-15-6-4-3-5-7-15/h3-11,13,17H,14H2,1-2H3. The number of fused-ring (bicyclic) bond motifs is 1. The van der Waals surface area contributed by atoms with E-state index in [2.05, 4.69) is 21.3 Å². The summed E-state index contributed by atoms with van der Waals surface area (Å²) in [6, 6.07) is 16.0. The number of ether oxygens (including phenoxy) is 2. The molecule has 0 bridgehead atoms. The summed E-state index contributed by atoms with van der Waals surface area (Å²) in [5.74, 6) is 1.18. The Hall–Kier alpha value is -3.92. The summed E-state index contributed by atoms with van der Waals surface area (Å²) in [6.45, 7) is 0.627. The van der Waals surface area contributed by atoms with E-state index in [4.69, 9.17) is 9.47 Å². The van der Waals surface area contributed by atoms with Crippen molar-refractivity contribution in [3.63, 3.8) is 0 Å². The third-order valence-electron chi connectivity index (χ3n) is 4.82. The van der Waals surface area contributed by atoms with Crippen LogP contribution in [0.3, 0.4) is 0 Å². The lowest BCUT2D eigenvalue weighted by Gasteiger charge is -2.15. The highest BCUT2D eigenvalue weighted by Gasteiger charge is 2.23. The first-order valence-corrected chi connectivity index (χ1v) is 9.07. The minimum atomic E-state index is -0.607. The first-order chi connectivity index (χ1) is 14.2. The summed E-state index contributed by atoms with van der Waals surface area (Å²) < 4.78 is 12.8. The van der Waals surface area contributed by atoms with Crippen molar-refractivity contribution in [2.75, 3.05) is 14.2 Å². The van der Waals surface area contributed by atoms with Gasteiger partial charge in [0.2, 0.25) is 0 Å². The molecular weight excluding hydrogens is 366 g/mol. The van der Waals surface area contributed by atoms with Crippen molar-refractivity contribution in [3.05, 3.63) is 78.0 Å². The van der Waals surface area contributed by atoms with Gasteiger partial charge in [-0.2, -0.15) is 15.5 Å². The number of imidazole rings is 1. The lowest BCUT2D eigenvalue weighted by molar-refractivity contribution is 0.355. The zero-order valence-electron chi connectivity index (χ0n) is 16.1. The van der Waals surface area contributed by atoms with Gasteiger partial charge < -0.3 is 14.0 Å². The van der Waals surface area contributed by atoms with Gasteiger partial charge in [-0.25, -0.2) is 4.98 Å². The van der Waals surface area contributed by atoms with Crippen molar-refractivity contribution in [2.45, 2.75) is 12.5 Å². The van der Waals surface area contributed by atoms with Crippen LogP contribution in [0, 0.1) is 11.3 Å². The second-order valence-electron chi connectivity index (χ2n) is 6.49. The van der Waals surface area contributed by atoms with Gasteiger partial charge in [-0.3, -0.25) is 0 Å². The molecule has 1 unspecified atom stereocenters. The predicted octanol–water partition coefficient (Wildman–Crippen LogP) is 3.55. The maximum Gasteiger partial charge on any atom is 0.162 e. The van der Waals surface area contributed by atoms with Crippen LogP contribution < -0.4 is 9.47 Å².